The van der Waals surface area contributed by atoms with Crippen molar-refractivity contribution in [2.24, 2.45) is 0 Å². The van der Waals surface area contributed by atoms with Crippen LogP contribution in [0.5, 0.6) is 0 Å². The highest BCUT2D eigenvalue weighted by Crippen LogP contribution is 2.50. The molecule has 0 spiro atoms. The van der Waals surface area contributed by atoms with Crippen LogP contribution in [0.15, 0.2) is 259 Å². The largest absolute Gasteiger partial charge is 0.311 e. The van der Waals surface area contributed by atoms with E-state index in [-0.39, 0.29) is 12.1 Å². The lowest BCUT2D eigenvalue weighted by molar-refractivity contribution is 0.589. The second-order valence-corrected chi connectivity index (χ2v) is 21.2. The Kier molecular flexibility index (Phi) is 11.1. The molecule has 3 nitrogen and oxygen atoms in total. The molecule has 4 heterocycles. The van der Waals surface area contributed by atoms with Gasteiger partial charge in [0.05, 0.1) is 28.5 Å². The molecule has 0 fully saturated rings. The van der Waals surface area contributed by atoms with E-state index in [0.29, 0.717) is 0 Å². The number of rotatable bonds is 8. The van der Waals surface area contributed by atoms with Crippen molar-refractivity contribution >= 4 is 51.9 Å². The van der Waals surface area contributed by atoms with Gasteiger partial charge in [-0.2, -0.15) is 0 Å². The molecule has 0 N–H and O–H groups in total. The van der Waals surface area contributed by atoms with Crippen LogP contribution in [0, 0.1) is 0 Å². The van der Waals surface area contributed by atoms with Gasteiger partial charge in [-0.05, 0) is 116 Å². The summed E-state index contributed by atoms with van der Waals surface area (Å²) >= 11 is 1.90. The molecule has 11 aromatic rings. The van der Waals surface area contributed by atoms with Crippen LogP contribution in [0.3, 0.4) is 0 Å². The molecule has 346 valence electrons. The fraction of sp³-hybridized carbons (Fsp3) is 0.0588. The number of anilines is 3. The van der Waals surface area contributed by atoms with E-state index >= 15 is 0 Å². The Bertz CT molecular complexity index is 3840. The molecule has 0 atom stereocenters. The molecule has 0 saturated heterocycles. The van der Waals surface area contributed by atoms with Crippen LogP contribution in [-0.2, 0) is 5.41 Å². The SMILES string of the molecule is CC(C)(C)c1cc2c3c(c1)N(c1ccc(-c4ccccc4)cc1)c1c(cc(-c4ccccc4)cc1-c1cccc(-c4ccccc4)n1)B3c1cc(-c3ccccc3)cc(-c3cccc(-c4ccccc4)n3)c1S2. The first-order chi connectivity index (χ1) is 35.8. The van der Waals surface area contributed by atoms with Gasteiger partial charge in [-0.15, -0.1) is 0 Å². The Balaban J connectivity index is 1.15. The number of hydrogen-bond donors (Lipinski definition) is 0. The third-order valence-corrected chi connectivity index (χ3v) is 15.7. The average Bonchev–Trinajstić information content (AvgIpc) is 3.46. The minimum Gasteiger partial charge on any atom is -0.311 e. The number of nitrogens with zero attached hydrogens (tertiary/aromatic N) is 3. The van der Waals surface area contributed by atoms with Crippen molar-refractivity contribution in [1.82, 2.24) is 9.97 Å². The summed E-state index contributed by atoms with van der Waals surface area (Å²) in [7, 11) is 0. The molecule has 2 aliphatic heterocycles. The van der Waals surface area contributed by atoms with Crippen molar-refractivity contribution in [1.29, 1.82) is 0 Å². The maximum Gasteiger partial charge on any atom is 0.249 e. The standard InChI is InChI=1S/C68H50BN3S/c1-68(2,3)53-43-63-65-64(44-53)73-67-56(62-34-20-32-60(71-62)50-29-17-8-18-30-50)40-52(47-25-13-6-14-26-47)42-58(67)69(65)57-41-51(46-23-11-5-12-24-46)39-55(61-33-19-31-59(70-61)49-27-15-7-16-28-49)66(57)72(63)54-37-35-48(36-38-54)45-21-9-4-10-22-45/h4-44H,1-3H3. The lowest BCUT2D eigenvalue weighted by Gasteiger charge is -2.43. The monoisotopic (exact) mass is 951 g/mol. The average molecular weight is 952 g/mol. The Morgan fingerprint density at radius 1 is 0.384 bits per heavy atom. The van der Waals surface area contributed by atoms with Crippen LogP contribution >= 0.6 is 11.8 Å². The number of benzene rings is 9. The van der Waals surface area contributed by atoms with Gasteiger partial charge in [0.2, 0.25) is 6.71 Å². The van der Waals surface area contributed by atoms with E-state index in [4.69, 9.17) is 9.97 Å². The summed E-state index contributed by atoms with van der Waals surface area (Å²) in [6.45, 7) is 6.86. The molecule has 0 bridgehead atoms. The molecule has 13 rings (SSSR count). The number of aromatic nitrogens is 2. The third kappa shape index (κ3) is 8.16. The van der Waals surface area contributed by atoms with Gasteiger partial charge in [0.25, 0.3) is 0 Å². The summed E-state index contributed by atoms with van der Waals surface area (Å²) in [5, 5.41) is 0. The normalized spacial score (nSPS) is 12.5. The predicted molar refractivity (Wildman–Crippen MR) is 309 cm³/mol. The van der Waals surface area contributed by atoms with Gasteiger partial charge in [0.1, 0.15) is 0 Å². The van der Waals surface area contributed by atoms with Crippen LogP contribution < -0.4 is 21.3 Å². The molecule has 2 aliphatic rings. The minimum absolute atomic E-state index is 0.149. The number of pyridine rings is 2. The second-order valence-electron chi connectivity index (χ2n) is 20.1. The van der Waals surface area contributed by atoms with E-state index in [0.717, 1.165) is 73.1 Å². The van der Waals surface area contributed by atoms with Crippen molar-refractivity contribution in [2.75, 3.05) is 4.90 Å². The van der Waals surface area contributed by atoms with E-state index in [9.17, 15) is 0 Å². The Morgan fingerprint density at radius 3 is 1.34 bits per heavy atom. The van der Waals surface area contributed by atoms with Gasteiger partial charge in [0, 0.05) is 43.4 Å². The van der Waals surface area contributed by atoms with Crippen LogP contribution in [0.1, 0.15) is 26.3 Å². The molecular weight excluding hydrogens is 902 g/mol. The molecule has 9 aromatic carbocycles. The molecule has 0 saturated carbocycles. The van der Waals surface area contributed by atoms with Crippen LogP contribution in [0.25, 0.3) is 78.4 Å². The molecular formula is C68H50BN3S. The van der Waals surface area contributed by atoms with E-state index in [1.807, 2.05) is 11.8 Å². The Labute approximate surface area is 433 Å². The van der Waals surface area contributed by atoms with Crippen molar-refractivity contribution in [2.45, 2.75) is 36.0 Å². The summed E-state index contributed by atoms with van der Waals surface area (Å²) in [5.41, 5.74) is 23.5. The minimum atomic E-state index is -0.151. The van der Waals surface area contributed by atoms with Gasteiger partial charge in [-0.1, -0.05) is 226 Å². The zero-order valence-corrected chi connectivity index (χ0v) is 41.8. The summed E-state index contributed by atoms with van der Waals surface area (Å²) in [5.74, 6) is 0. The van der Waals surface area contributed by atoms with E-state index in [2.05, 4.69) is 274 Å². The lowest BCUT2D eigenvalue weighted by atomic mass is 9.34. The fourth-order valence-corrected chi connectivity index (χ4v) is 12.1. The molecule has 5 heteroatoms. The van der Waals surface area contributed by atoms with Gasteiger partial charge >= 0.3 is 0 Å². The lowest BCUT2D eigenvalue weighted by Crippen LogP contribution is -2.60. The topological polar surface area (TPSA) is 29.0 Å². The van der Waals surface area contributed by atoms with Gasteiger partial charge in [-0.3, -0.25) is 0 Å². The van der Waals surface area contributed by atoms with E-state index in [1.54, 1.807) is 0 Å². The first-order valence-corrected chi connectivity index (χ1v) is 26.0. The number of hydrogen-bond acceptors (Lipinski definition) is 4. The molecule has 0 radical (unpaired) electrons. The summed E-state index contributed by atoms with van der Waals surface area (Å²) < 4.78 is 0. The van der Waals surface area contributed by atoms with Crippen LogP contribution in [0.4, 0.5) is 17.1 Å². The van der Waals surface area contributed by atoms with Crippen LogP contribution in [-0.4, -0.2) is 16.7 Å². The summed E-state index contributed by atoms with van der Waals surface area (Å²) in [6.07, 6.45) is 0. The molecule has 0 unspecified atom stereocenters. The van der Waals surface area contributed by atoms with Crippen molar-refractivity contribution in [3.05, 3.63) is 254 Å². The summed E-state index contributed by atoms with van der Waals surface area (Å²) in [4.78, 5) is 16.1. The van der Waals surface area contributed by atoms with Gasteiger partial charge in [0.15, 0.2) is 0 Å². The maximum absolute atomic E-state index is 5.58. The van der Waals surface area contributed by atoms with Crippen molar-refractivity contribution in [3.8, 4) is 78.4 Å². The summed E-state index contributed by atoms with van der Waals surface area (Å²) in [6, 6.07) is 90.3. The first-order valence-electron chi connectivity index (χ1n) is 25.2. The van der Waals surface area contributed by atoms with Crippen molar-refractivity contribution in [3.63, 3.8) is 0 Å². The Hall–Kier alpha value is -8.51. The number of fused-ring (bicyclic) bond motifs is 4. The molecule has 0 amide bonds. The van der Waals surface area contributed by atoms with Crippen molar-refractivity contribution < 1.29 is 0 Å². The predicted octanol–water partition coefficient (Wildman–Crippen LogP) is 16.2. The second kappa shape index (κ2) is 18.3. The first kappa shape index (κ1) is 44.4. The van der Waals surface area contributed by atoms with E-state index < -0.39 is 0 Å². The highest BCUT2D eigenvalue weighted by Gasteiger charge is 2.44. The highest BCUT2D eigenvalue weighted by atomic mass is 32.2. The highest BCUT2D eigenvalue weighted by molar-refractivity contribution is 8.00. The maximum atomic E-state index is 5.58. The van der Waals surface area contributed by atoms with Gasteiger partial charge < -0.3 is 4.90 Å². The Morgan fingerprint density at radius 2 is 0.822 bits per heavy atom. The van der Waals surface area contributed by atoms with Crippen LogP contribution in [0.2, 0.25) is 0 Å². The van der Waals surface area contributed by atoms with E-state index in [1.165, 1.54) is 54.1 Å². The smallest absolute Gasteiger partial charge is 0.249 e. The molecule has 0 aliphatic carbocycles. The zero-order chi connectivity index (χ0) is 49.0. The quantitative estimate of drug-likeness (QED) is 0.142. The van der Waals surface area contributed by atoms with Gasteiger partial charge in [-0.25, -0.2) is 9.97 Å². The third-order valence-electron chi connectivity index (χ3n) is 14.5. The molecule has 73 heavy (non-hydrogen) atoms. The molecule has 2 aromatic heterocycles. The zero-order valence-electron chi connectivity index (χ0n) is 41.0. The fourth-order valence-electron chi connectivity index (χ4n) is 10.8.